The summed E-state index contributed by atoms with van der Waals surface area (Å²) in [6.45, 7) is 0.579. The Hall–Kier alpha value is -4.10. The summed E-state index contributed by atoms with van der Waals surface area (Å²) in [6.07, 6.45) is 0.855. The van der Waals surface area contributed by atoms with Crippen molar-refractivity contribution in [3.63, 3.8) is 0 Å². The number of pyridine rings is 2. The Morgan fingerprint density at radius 3 is 2.47 bits per heavy atom. The van der Waals surface area contributed by atoms with Crippen LogP contribution in [0.3, 0.4) is 0 Å². The van der Waals surface area contributed by atoms with Crippen molar-refractivity contribution in [2.75, 3.05) is 25.6 Å². The number of rotatable bonds is 12. The summed E-state index contributed by atoms with van der Waals surface area (Å²) in [4.78, 5) is 42.3. The number of carbonyl (C=O) groups excluding carboxylic acids is 2. The molecule has 1 unspecified atom stereocenters. The number of halogens is 4. The second-order valence-electron chi connectivity index (χ2n) is 10.3. The van der Waals surface area contributed by atoms with Crippen molar-refractivity contribution in [3.05, 3.63) is 69.9 Å². The lowest BCUT2D eigenvalue weighted by atomic mass is 9.82. The van der Waals surface area contributed by atoms with Crippen LogP contribution in [0.25, 0.3) is 11.1 Å². The summed E-state index contributed by atoms with van der Waals surface area (Å²) in [5.74, 6) is -1.40. The number of nitrogens with two attached hydrogens (primary N) is 1. The fraction of sp³-hybridized carbons (Fsp3) is 0.379. The number of aromatic nitrogens is 2. The van der Waals surface area contributed by atoms with Crippen LogP contribution in [0.5, 0.6) is 11.5 Å². The van der Waals surface area contributed by atoms with Gasteiger partial charge in [0.1, 0.15) is 23.2 Å². The molecule has 0 radical (unpaired) electrons. The number of anilines is 1. The molecule has 14 heteroatoms. The lowest BCUT2D eigenvalue weighted by molar-refractivity contribution is -0.153. The largest absolute Gasteiger partial charge is 0.495 e. The highest BCUT2D eigenvalue weighted by Gasteiger charge is 2.34. The van der Waals surface area contributed by atoms with E-state index < -0.39 is 36.2 Å². The van der Waals surface area contributed by atoms with Crippen LogP contribution in [0, 0.1) is 0 Å². The van der Waals surface area contributed by atoms with Gasteiger partial charge in [0, 0.05) is 35.2 Å². The molecule has 43 heavy (non-hydrogen) atoms. The predicted octanol–water partition coefficient (Wildman–Crippen LogP) is 5.14. The molecule has 0 bridgehead atoms. The molecule has 0 aliphatic heterocycles. The lowest BCUT2D eigenvalue weighted by Crippen LogP contribution is -2.38. The number of benzene rings is 1. The zero-order chi connectivity index (χ0) is 31.4. The van der Waals surface area contributed by atoms with Gasteiger partial charge in [0.15, 0.2) is 6.61 Å². The van der Waals surface area contributed by atoms with E-state index in [-0.39, 0.29) is 57.7 Å². The molecular weight excluding hydrogens is 593 g/mol. The number of primary amides is 1. The maximum atomic E-state index is 13.5. The number of methoxy groups -OCH3 is 1. The Morgan fingerprint density at radius 1 is 1.16 bits per heavy atom. The van der Waals surface area contributed by atoms with E-state index in [2.05, 4.69) is 10.3 Å². The van der Waals surface area contributed by atoms with E-state index in [1.54, 1.807) is 0 Å². The monoisotopic (exact) mass is 622 g/mol. The second kappa shape index (κ2) is 13.0. The van der Waals surface area contributed by atoms with Gasteiger partial charge in [-0.3, -0.25) is 19.0 Å². The molecule has 2 aromatic heterocycles. The highest BCUT2D eigenvalue weighted by atomic mass is 35.5. The van der Waals surface area contributed by atoms with Crippen LogP contribution in [-0.2, 0) is 9.53 Å². The molecule has 2 amide bonds. The number of hydrogen-bond donors (Lipinski definition) is 2. The first-order chi connectivity index (χ1) is 20.3. The molecule has 1 aliphatic carbocycles. The van der Waals surface area contributed by atoms with Crippen molar-refractivity contribution in [1.29, 1.82) is 0 Å². The first kappa shape index (κ1) is 31.8. The van der Waals surface area contributed by atoms with Crippen LogP contribution in [-0.4, -0.2) is 53.5 Å². The fourth-order valence-electron chi connectivity index (χ4n) is 4.62. The van der Waals surface area contributed by atoms with Gasteiger partial charge in [0.25, 0.3) is 11.5 Å². The molecule has 230 valence electrons. The maximum absolute atomic E-state index is 13.5. The molecule has 1 atom stereocenters. The molecule has 0 saturated heterocycles. The van der Waals surface area contributed by atoms with Gasteiger partial charge in [-0.25, -0.2) is 4.98 Å². The maximum Gasteiger partial charge on any atom is 0.422 e. The summed E-state index contributed by atoms with van der Waals surface area (Å²) in [6, 6.07) is 6.83. The number of carbonyl (C=O) groups is 2. The van der Waals surface area contributed by atoms with E-state index in [9.17, 15) is 27.6 Å². The Balaban J connectivity index is 1.69. The van der Waals surface area contributed by atoms with Crippen molar-refractivity contribution in [1.82, 2.24) is 9.55 Å². The third-order valence-electron chi connectivity index (χ3n) is 7.06. The normalized spacial score (nSPS) is 14.8. The van der Waals surface area contributed by atoms with E-state index in [0.717, 1.165) is 29.9 Å². The molecule has 1 fully saturated rings. The zero-order valence-corrected chi connectivity index (χ0v) is 24.1. The van der Waals surface area contributed by atoms with Crippen molar-refractivity contribution in [3.8, 4) is 22.6 Å². The van der Waals surface area contributed by atoms with Crippen LogP contribution in [0.1, 0.15) is 49.1 Å². The number of ether oxygens (including phenoxy) is 3. The molecule has 10 nitrogen and oxygen atoms in total. The Labute approximate surface area is 249 Å². The van der Waals surface area contributed by atoms with Crippen LogP contribution < -0.4 is 26.1 Å². The smallest absolute Gasteiger partial charge is 0.422 e. The van der Waals surface area contributed by atoms with Gasteiger partial charge in [0.05, 0.1) is 30.8 Å². The van der Waals surface area contributed by atoms with Crippen molar-refractivity contribution >= 4 is 29.1 Å². The summed E-state index contributed by atoms with van der Waals surface area (Å²) in [7, 11) is 1.32. The standard InChI is InChI=1S/C29H30ClF3N4O6/c1-28(9-3-10-28)43-11-8-22(27(40)36-18-5-6-21(26(34)39)35-14-18)37-15-24(41-2)20(13-25(37)38)19-12-17(30)4-7-23(19)42-16-29(31,32)33/h4-7,12-15,22H,3,8-11,16H2,1-2H3,(H2,34,39)(H,36,40). The quantitative estimate of drug-likeness (QED) is 0.286. The Morgan fingerprint density at radius 2 is 1.88 bits per heavy atom. The molecule has 3 N–H and O–H groups in total. The molecule has 3 aromatic rings. The average Bonchev–Trinajstić information content (AvgIpc) is 2.93. The van der Waals surface area contributed by atoms with Crippen molar-refractivity contribution < 1.29 is 37.0 Å². The number of hydrogen-bond acceptors (Lipinski definition) is 7. The van der Waals surface area contributed by atoms with Gasteiger partial charge >= 0.3 is 6.18 Å². The van der Waals surface area contributed by atoms with Crippen LogP contribution >= 0.6 is 11.6 Å². The fourth-order valence-corrected chi connectivity index (χ4v) is 4.79. The van der Waals surface area contributed by atoms with Gasteiger partial charge in [-0.2, -0.15) is 13.2 Å². The molecule has 1 aliphatic rings. The van der Waals surface area contributed by atoms with Crippen LogP contribution in [0.15, 0.2) is 53.6 Å². The highest BCUT2D eigenvalue weighted by Crippen LogP contribution is 2.39. The summed E-state index contributed by atoms with van der Waals surface area (Å²) < 4.78 is 56.4. The third-order valence-corrected chi connectivity index (χ3v) is 7.30. The minimum absolute atomic E-state index is 0.00725. The molecule has 0 spiro atoms. The first-order valence-corrected chi connectivity index (χ1v) is 13.7. The number of nitrogens with one attached hydrogen (secondary N) is 1. The van der Waals surface area contributed by atoms with Crippen molar-refractivity contribution in [2.45, 2.75) is 50.4 Å². The van der Waals surface area contributed by atoms with Crippen LogP contribution in [0.2, 0.25) is 5.02 Å². The van der Waals surface area contributed by atoms with Gasteiger partial charge in [-0.05, 0) is 56.5 Å². The Bertz CT molecular complexity index is 1540. The molecule has 1 saturated carbocycles. The third kappa shape index (κ3) is 8.05. The number of amides is 2. The van der Waals surface area contributed by atoms with E-state index >= 15 is 0 Å². The van der Waals surface area contributed by atoms with Gasteiger partial charge in [-0.1, -0.05) is 11.6 Å². The predicted molar refractivity (Wildman–Crippen MR) is 152 cm³/mol. The second-order valence-corrected chi connectivity index (χ2v) is 10.7. The molecular formula is C29H30ClF3N4O6. The Kier molecular flexibility index (Phi) is 9.65. The minimum atomic E-state index is -4.60. The topological polar surface area (TPSA) is 135 Å². The van der Waals surface area contributed by atoms with Crippen molar-refractivity contribution in [2.24, 2.45) is 5.73 Å². The lowest BCUT2D eigenvalue weighted by Gasteiger charge is -2.38. The van der Waals surface area contributed by atoms with E-state index in [1.807, 2.05) is 6.92 Å². The average molecular weight is 623 g/mol. The number of alkyl halides is 3. The highest BCUT2D eigenvalue weighted by molar-refractivity contribution is 6.31. The summed E-state index contributed by atoms with van der Waals surface area (Å²) >= 11 is 6.13. The molecule has 1 aromatic carbocycles. The summed E-state index contributed by atoms with van der Waals surface area (Å²) in [5.41, 5.74) is 4.76. The van der Waals surface area contributed by atoms with Gasteiger partial charge < -0.3 is 25.3 Å². The molecule has 2 heterocycles. The SMILES string of the molecule is COc1cn(C(CCOC2(C)CCC2)C(=O)Nc2ccc(C(N)=O)nc2)c(=O)cc1-c1cc(Cl)ccc1OCC(F)(F)F. The molecule has 4 rings (SSSR count). The summed E-state index contributed by atoms with van der Waals surface area (Å²) in [5, 5.41) is 2.88. The van der Waals surface area contributed by atoms with Crippen LogP contribution in [0.4, 0.5) is 18.9 Å². The van der Waals surface area contributed by atoms with E-state index in [4.69, 9.17) is 31.5 Å². The van der Waals surface area contributed by atoms with Gasteiger partial charge in [-0.15, -0.1) is 0 Å². The van der Waals surface area contributed by atoms with E-state index in [0.29, 0.717) is 0 Å². The zero-order valence-electron chi connectivity index (χ0n) is 23.4. The van der Waals surface area contributed by atoms with E-state index in [1.165, 1.54) is 49.8 Å². The van der Waals surface area contributed by atoms with Gasteiger partial charge in [0.2, 0.25) is 5.91 Å². The number of nitrogens with zero attached hydrogens (tertiary/aromatic N) is 2. The first-order valence-electron chi connectivity index (χ1n) is 13.3. The minimum Gasteiger partial charge on any atom is -0.495 e.